The highest BCUT2D eigenvalue weighted by molar-refractivity contribution is 9.10. The van der Waals surface area contributed by atoms with Crippen LogP contribution in [0.2, 0.25) is 0 Å². The van der Waals surface area contributed by atoms with E-state index in [1.807, 2.05) is 6.92 Å². The number of rotatable bonds is 6. The van der Waals surface area contributed by atoms with Crippen LogP contribution in [-0.4, -0.2) is 22.9 Å². The molecule has 0 atom stereocenters. The van der Waals surface area contributed by atoms with Crippen molar-refractivity contribution in [2.75, 3.05) is 13.1 Å². The van der Waals surface area contributed by atoms with Crippen molar-refractivity contribution in [2.45, 2.75) is 26.8 Å². The van der Waals surface area contributed by atoms with Crippen LogP contribution >= 0.6 is 27.3 Å². The lowest BCUT2D eigenvalue weighted by Gasteiger charge is -2.06. The smallest absolute Gasteiger partial charge is 0.0738 e. The van der Waals surface area contributed by atoms with Gasteiger partial charge in [-0.1, -0.05) is 0 Å². The van der Waals surface area contributed by atoms with Crippen LogP contribution in [0.5, 0.6) is 0 Å². The second-order valence-electron chi connectivity index (χ2n) is 4.34. The Balaban J connectivity index is 1.70. The SMILES string of the molecule is Cc1nn(CCNCCc2ccsc2)c(C)c1Br. The molecule has 2 heterocycles. The molecule has 18 heavy (non-hydrogen) atoms. The highest BCUT2D eigenvalue weighted by atomic mass is 79.9. The van der Waals surface area contributed by atoms with Crippen LogP contribution in [0, 0.1) is 13.8 Å². The summed E-state index contributed by atoms with van der Waals surface area (Å²) in [5.74, 6) is 0. The summed E-state index contributed by atoms with van der Waals surface area (Å²) in [5, 5.41) is 12.3. The van der Waals surface area contributed by atoms with Gasteiger partial charge < -0.3 is 5.32 Å². The van der Waals surface area contributed by atoms with Crippen LogP contribution in [0.25, 0.3) is 0 Å². The molecular formula is C13H18BrN3S. The predicted molar refractivity (Wildman–Crippen MR) is 80.3 cm³/mol. The van der Waals surface area contributed by atoms with Gasteiger partial charge in [-0.3, -0.25) is 4.68 Å². The van der Waals surface area contributed by atoms with Crippen molar-refractivity contribution in [1.82, 2.24) is 15.1 Å². The highest BCUT2D eigenvalue weighted by Crippen LogP contribution is 2.19. The summed E-state index contributed by atoms with van der Waals surface area (Å²) >= 11 is 5.31. The molecule has 0 unspecified atom stereocenters. The maximum Gasteiger partial charge on any atom is 0.0738 e. The molecule has 0 aromatic carbocycles. The van der Waals surface area contributed by atoms with Crippen molar-refractivity contribution in [3.05, 3.63) is 38.3 Å². The zero-order chi connectivity index (χ0) is 13.0. The first kappa shape index (κ1) is 13.8. The number of thiophene rings is 1. The van der Waals surface area contributed by atoms with Crippen LogP contribution in [0.4, 0.5) is 0 Å². The van der Waals surface area contributed by atoms with Crippen molar-refractivity contribution in [1.29, 1.82) is 0 Å². The normalized spacial score (nSPS) is 11.1. The van der Waals surface area contributed by atoms with Gasteiger partial charge in [0.2, 0.25) is 0 Å². The molecule has 5 heteroatoms. The third-order valence-electron chi connectivity index (χ3n) is 2.96. The Hall–Kier alpha value is -0.650. The van der Waals surface area contributed by atoms with Crippen LogP contribution < -0.4 is 5.32 Å². The van der Waals surface area contributed by atoms with E-state index in [9.17, 15) is 0 Å². The molecule has 0 bridgehead atoms. The number of nitrogens with zero attached hydrogens (tertiary/aromatic N) is 2. The fourth-order valence-corrected chi connectivity index (χ4v) is 2.86. The second-order valence-corrected chi connectivity index (χ2v) is 5.91. The second kappa shape index (κ2) is 6.50. The molecule has 3 nitrogen and oxygen atoms in total. The van der Waals surface area contributed by atoms with E-state index in [1.54, 1.807) is 11.3 Å². The Morgan fingerprint density at radius 1 is 1.39 bits per heavy atom. The quantitative estimate of drug-likeness (QED) is 0.826. The first-order chi connectivity index (χ1) is 8.68. The average Bonchev–Trinajstić information content (AvgIpc) is 2.95. The van der Waals surface area contributed by atoms with Gasteiger partial charge >= 0.3 is 0 Å². The van der Waals surface area contributed by atoms with Crippen molar-refractivity contribution in [3.8, 4) is 0 Å². The lowest BCUT2D eigenvalue weighted by atomic mass is 10.2. The lowest BCUT2D eigenvalue weighted by molar-refractivity contribution is 0.544. The molecule has 2 aromatic rings. The third-order valence-corrected chi connectivity index (χ3v) is 4.84. The lowest BCUT2D eigenvalue weighted by Crippen LogP contribution is -2.23. The molecule has 2 rings (SSSR count). The maximum atomic E-state index is 4.49. The number of hydrogen-bond acceptors (Lipinski definition) is 3. The standard InChI is InChI=1S/C13H18BrN3S/c1-10-13(14)11(2)17(16-10)7-6-15-5-3-12-4-8-18-9-12/h4,8-9,15H,3,5-7H2,1-2H3. The van der Waals surface area contributed by atoms with E-state index < -0.39 is 0 Å². The molecule has 2 aromatic heterocycles. The molecule has 0 radical (unpaired) electrons. The van der Waals surface area contributed by atoms with Crippen LogP contribution in [0.15, 0.2) is 21.3 Å². The van der Waals surface area contributed by atoms with Gasteiger partial charge in [-0.05, 0) is 65.1 Å². The number of nitrogens with one attached hydrogen (secondary N) is 1. The number of hydrogen-bond donors (Lipinski definition) is 1. The van der Waals surface area contributed by atoms with Gasteiger partial charge in [0, 0.05) is 12.2 Å². The van der Waals surface area contributed by atoms with E-state index in [1.165, 1.54) is 11.3 Å². The van der Waals surface area contributed by atoms with E-state index in [0.29, 0.717) is 0 Å². The minimum atomic E-state index is 0.919. The Morgan fingerprint density at radius 2 is 2.22 bits per heavy atom. The molecular weight excluding hydrogens is 310 g/mol. The summed E-state index contributed by atoms with van der Waals surface area (Å²) in [4.78, 5) is 0. The van der Waals surface area contributed by atoms with E-state index >= 15 is 0 Å². The van der Waals surface area contributed by atoms with Crippen molar-refractivity contribution in [3.63, 3.8) is 0 Å². The molecule has 0 amide bonds. The van der Waals surface area contributed by atoms with Gasteiger partial charge in [-0.25, -0.2) is 0 Å². The average molecular weight is 328 g/mol. The van der Waals surface area contributed by atoms with E-state index in [-0.39, 0.29) is 0 Å². The van der Waals surface area contributed by atoms with Gasteiger partial charge in [0.1, 0.15) is 0 Å². The fraction of sp³-hybridized carbons (Fsp3) is 0.462. The van der Waals surface area contributed by atoms with Crippen LogP contribution in [-0.2, 0) is 13.0 Å². The van der Waals surface area contributed by atoms with Crippen molar-refractivity contribution >= 4 is 27.3 Å². The Morgan fingerprint density at radius 3 is 2.83 bits per heavy atom. The Kier molecular flexibility index (Phi) is 4.97. The predicted octanol–water partition coefficient (Wildman–Crippen LogP) is 3.16. The summed E-state index contributed by atoms with van der Waals surface area (Å²) in [6.45, 7) is 7.02. The molecule has 0 aliphatic rings. The van der Waals surface area contributed by atoms with Gasteiger partial charge in [0.05, 0.1) is 16.7 Å². The number of halogens is 1. The third kappa shape index (κ3) is 3.43. The summed E-state index contributed by atoms with van der Waals surface area (Å²) in [5.41, 5.74) is 3.68. The zero-order valence-electron chi connectivity index (χ0n) is 10.7. The molecule has 0 saturated heterocycles. The molecule has 0 aliphatic heterocycles. The zero-order valence-corrected chi connectivity index (χ0v) is 13.1. The van der Waals surface area contributed by atoms with E-state index in [2.05, 4.69) is 54.8 Å². The van der Waals surface area contributed by atoms with Crippen molar-refractivity contribution < 1.29 is 0 Å². The van der Waals surface area contributed by atoms with Crippen molar-refractivity contribution in [2.24, 2.45) is 0 Å². The first-order valence-corrected chi connectivity index (χ1v) is 7.83. The summed E-state index contributed by atoms with van der Waals surface area (Å²) in [7, 11) is 0. The maximum absolute atomic E-state index is 4.49. The topological polar surface area (TPSA) is 29.9 Å². The monoisotopic (exact) mass is 327 g/mol. The van der Waals surface area contributed by atoms with Gasteiger partial charge in [-0.15, -0.1) is 0 Å². The van der Waals surface area contributed by atoms with Gasteiger partial charge in [-0.2, -0.15) is 16.4 Å². The Bertz CT molecular complexity index is 491. The Labute approximate surface area is 120 Å². The first-order valence-electron chi connectivity index (χ1n) is 6.10. The summed E-state index contributed by atoms with van der Waals surface area (Å²) < 4.78 is 3.18. The minimum Gasteiger partial charge on any atom is -0.315 e. The molecule has 0 fully saturated rings. The van der Waals surface area contributed by atoms with Gasteiger partial charge in [0.15, 0.2) is 0 Å². The summed E-state index contributed by atoms with van der Waals surface area (Å²) in [6.07, 6.45) is 1.10. The van der Waals surface area contributed by atoms with Crippen LogP contribution in [0.1, 0.15) is 17.0 Å². The molecule has 1 N–H and O–H groups in total. The van der Waals surface area contributed by atoms with E-state index in [4.69, 9.17) is 0 Å². The fourth-order valence-electron chi connectivity index (χ4n) is 1.87. The number of aromatic nitrogens is 2. The molecule has 0 saturated carbocycles. The molecule has 0 spiro atoms. The summed E-state index contributed by atoms with van der Waals surface area (Å²) in [6, 6.07) is 2.18. The highest BCUT2D eigenvalue weighted by Gasteiger charge is 2.07. The van der Waals surface area contributed by atoms with E-state index in [0.717, 1.165) is 36.2 Å². The largest absolute Gasteiger partial charge is 0.315 e. The van der Waals surface area contributed by atoms with Crippen LogP contribution in [0.3, 0.4) is 0 Å². The minimum absolute atomic E-state index is 0.919. The van der Waals surface area contributed by atoms with Gasteiger partial charge in [0.25, 0.3) is 0 Å². The molecule has 0 aliphatic carbocycles. The molecule has 98 valence electrons. The number of aryl methyl sites for hydroxylation is 1.